The summed E-state index contributed by atoms with van der Waals surface area (Å²) in [5.74, 6) is -1.81. The minimum Gasteiger partial charge on any atom is -0.395 e. The van der Waals surface area contributed by atoms with Crippen molar-refractivity contribution in [1.29, 1.82) is 0 Å². The second-order valence-corrected chi connectivity index (χ2v) is 11.3. The van der Waals surface area contributed by atoms with Crippen LogP contribution in [0.5, 0.6) is 0 Å². The summed E-state index contributed by atoms with van der Waals surface area (Å²) in [7, 11) is 0. The molecule has 0 spiro atoms. The summed E-state index contributed by atoms with van der Waals surface area (Å²) < 4.78 is 28.9. The zero-order valence-corrected chi connectivity index (χ0v) is 25.1. The first-order valence-electron chi connectivity index (χ1n) is 13.5. The Balaban J connectivity index is 1.77. The highest BCUT2D eigenvalue weighted by atomic mass is 127. The smallest absolute Gasteiger partial charge is 0.251 e. The summed E-state index contributed by atoms with van der Waals surface area (Å²) in [6, 6.07) is 16.0. The predicted molar refractivity (Wildman–Crippen MR) is 162 cm³/mol. The van der Waals surface area contributed by atoms with Crippen molar-refractivity contribution in [3.05, 3.63) is 104 Å². The highest BCUT2D eigenvalue weighted by Gasteiger charge is 2.23. The quantitative estimate of drug-likeness (QED) is 0.179. The first-order chi connectivity index (χ1) is 19.2. The number of nitrogens with one attached hydrogen (secondary N) is 2. The van der Waals surface area contributed by atoms with Gasteiger partial charge in [-0.15, -0.1) is 0 Å². The molecule has 1 amide bonds. The molecule has 6 nitrogen and oxygen atoms in total. The van der Waals surface area contributed by atoms with Crippen molar-refractivity contribution in [2.75, 3.05) is 26.2 Å². The topological polar surface area (TPSA) is 84.8 Å². The highest BCUT2D eigenvalue weighted by Crippen LogP contribution is 2.16. The van der Waals surface area contributed by atoms with E-state index >= 15 is 0 Å². The van der Waals surface area contributed by atoms with E-state index in [2.05, 4.69) is 45.0 Å². The fourth-order valence-electron chi connectivity index (χ4n) is 4.74. The van der Waals surface area contributed by atoms with Crippen LogP contribution in [-0.2, 0) is 19.5 Å². The molecule has 0 aliphatic rings. The number of aliphatic hydroxyl groups is 2. The zero-order chi connectivity index (χ0) is 29.1. The standard InChI is InChI=1S/C31H38F2IN3O3/c1-3-7-37(8-9-38)20-24-10-21(2)11-25(12-24)31(40)36-29(16-23-13-26(32)17-27(33)14-23)30(39)19-35-18-22-5-4-6-28(34)15-22/h4-6,10-15,17,29-30,35,38-39H,3,7-9,16,18-20H2,1-2H3,(H,36,40)/t29-,30+/m0/s1. The molecule has 40 heavy (non-hydrogen) atoms. The second kappa shape index (κ2) is 16.1. The molecule has 0 heterocycles. The van der Waals surface area contributed by atoms with E-state index in [-0.39, 0.29) is 25.5 Å². The number of carbonyl (C=O) groups is 1. The minimum atomic E-state index is -1.02. The number of aliphatic hydroxyl groups excluding tert-OH is 2. The lowest BCUT2D eigenvalue weighted by atomic mass is 9.99. The van der Waals surface area contributed by atoms with Gasteiger partial charge in [-0.2, -0.15) is 0 Å². The van der Waals surface area contributed by atoms with Gasteiger partial charge in [0, 0.05) is 41.4 Å². The molecule has 3 rings (SSSR count). The second-order valence-electron chi connectivity index (χ2n) is 10.1. The maximum absolute atomic E-state index is 13.9. The van der Waals surface area contributed by atoms with E-state index in [0.717, 1.165) is 39.3 Å². The number of amides is 1. The maximum atomic E-state index is 13.9. The van der Waals surface area contributed by atoms with Gasteiger partial charge in [0.1, 0.15) is 11.6 Å². The maximum Gasteiger partial charge on any atom is 0.251 e. The third kappa shape index (κ3) is 10.5. The fraction of sp³-hybridized carbons (Fsp3) is 0.387. The Morgan fingerprint density at radius 3 is 2.42 bits per heavy atom. The van der Waals surface area contributed by atoms with Crippen LogP contribution in [0.25, 0.3) is 0 Å². The Kier molecular flexibility index (Phi) is 12.9. The third-order valence-corrected chi connectivity index (χ3v) is 7.16. The molecule has 216 valence electrons. The molecular weight excluding hydrogens is 627 g/mol. The van der Waals surface area contributed by atoms with E-state index < -0.39 is 23.8 Å². The van der Waals surface area contributed by atoms with Gasteiger partial charge in [-0.25, -0.2) is 8.78 Å². The monoisotopic (exact) mass is 665 g/mol. The molecule has 0 bridgehead atoms. The minimum absolute atomic E-state index is 0.0476. The largest absolute Gasteiger partial charge is 0.395 e. The number of nitrogens with zero attached hydrogens (tertiary/aromatic N) is 1. The Hall–Kier alpha value is -2.44. The van der Waals surface area contributed by atoms with Crippen LogP contribution in [0.1, 0.15) is 46.0 Å². The molecular formula is C31H38F2IN3O3. The molecule has 0 aromatic heterocycles. The van der Waals surface area contributed by atoms with Crippen molar-refractivity contribution in [3.63, 3.8) is 0 Å². The molecule has 2 atom stereocenters. The predicted octanol–water partition coefficient (Wildman–Crippen LogP) is 4.57. The third-order valence-electron chi connectivity index (χ3n) is 6.49. The average Bonchev–Trinajstić information content (AvgIpc) is 2.87. The van der Waals surface area contributed by atoms with Crippen molar-refractivity contribution in [3.8, 4) is 0 Å². The first-order valence-corrected chi connectivity index (χ1v) is 14.6. The van der Waals surface area contributed by atoms with Crippen molar-refractivity contribution < 1.29 is 23.8 Å². The van der Waals surface area contributed by atoms with E-state index in [4.69, 9.17) is 0 Å². The summed E-state index contributed by atoms with van der Waals surface area (Å²) in [5.41, 5.74) is 3.67. The Morgan fingerprint density at radius 1 is 1.00 bits per heavy atom. The van der Waals surface area contributed by atoms with E-state index in [9.17, 15) is 23.8 Å². The Morgan fingerprint density at radius 2 is 1.75 bits per heavy atom. The molecule has 0 unspecified atom stereocenters. The van der Waals surface area contributed by atoms with Gasteiger partial charge < -0.3 is 20.8 Å². The van der Waals surface area contributed by atoms with Gasteiger partial charge in [-0.1, -0.05) is 30.7 Å². The fourth-order valence-corrected chi connectivity index (χ4v) is 5.35. The lowest BCUT2D eigenvalue weighted by molar-refractivity contribution is 0.0829. The number of aryl methyl sites for hydroxylation is 1. The van der Waals surface area contributed by atoms with E-state index in [1.54, 1.807) is 6.07 Å². The van der Waals surface area contributed by atoms with Crippen LogP contribution in [0.2, 0.25) is 0 Å². The summed E-state index contributed by atoms with van der Waals surface area (Å²) in [5, 5.41) is 26.6. The van der Waals surface area contributed by atoms with E-state index in [0.29, 0.717) is 30.8 Å². The number of carbonyl (C=O) groups excluding carboxylic acids is 1. The Labute approximate surface area is 248 Å². The molecule has 0 radical (unpaired) electrons. The number of hydrogen-bond acceptors (Lipinski definition) is 5. The zero-order valence-electron chi connectivity index (χ0n) is 23.0. The van der Waals surface area contributed by atoms with Crippen LogP contribution in [0.4, 0.5) is 8.78 Å². The normalized spacial score (nSPS) is 12.9. The average molecular weight is 666 g/mol. The number of halogens is 3. The van der Waals surface area contributed by atoms with Gasteiger partial charge in [-0.05, 0) is 102 Å². The summed E-state index contributed by atoms with van der Waals surface area (Å²) in [6.45, 7) is 6.68. The van der Waals surface area contributed by atoms with Gasteiger partial charge in [0.15, 0.2) is 0 Å². The molecule has 3 aromatic carbocycles. The molecule has 0 aliphatic carbocycles. The first kappa shape index (κ1) is 32.1. The van der Waals surface area contributed by atoms with Crippen molar-refractivity contribution in [2.45, 2.75) is 51.9 Å². The Bertz CT molecular complexity index is 1230. The van der Waals surface area contributed by atoms with Gasteiger partial charge in [0.2, 0.25) is 0 Å². The molecule has 0 aliphatic heterocycles. The lowest BCUT2D eigenvalue weighted by Gasteiger charge is -2.25. The number of rotatable bonds is 15. The van der Waals surface area contributed by atoms with E-state index in [1.165, 1.54) is 12.1 Å². The van der Waals surface area contributed by atoms with Crippen LogP contribution in [0.3, 0.4) is 0 Å². The molecule has 9 heteroatoms. The lowest BCUT2D eigenvalue weighted by Crippen LogP contribution is -2.48. The van der Waals surface area contributed by atoms with Gasteiger partial charge >= 0.3 is 0 Å². The molecule has 0 fully saturated rings. The number of hydrogen-bond donors (Lipinski definition) is 4. The SMILES string of the molecule is CCCN(CCO)Cc1cc(C)cc(C(=O)N[C@@H](Cc2cc(F)cc(F)c2)[C@H](O)CNCc2cccc(I)c2)c1. The van der Waals surface area contributed by atoms with Crippen LogP contribution < -0.4 is 10.6 Å². The van der Waals surface area contributed by atoms with Crippen molar-refractivity contribution in [1.82, 2.24) is 15.5 Å². The van der Waals surface area contributed by atoms with Crippen LogP contribution >= 0.6 is 22.6 Å². The molecule has 4 N–H and O–H groups in total. The summed E-state index contributed by atoms with van der Waals surface area (Å²) in [4.78, 5) is 15.5. The van der Waals surface area contributed by atoms with Crippen LogP contribution in [-0.4, -0.2) is 59.4 Å². The van der Waals surface area contributed by atoms with Gasteiger partial charge in [0.25, 0.3) is 5.91 Å². The van der Waals surface area contributed by atoms with Crippen molar-refractivity contribution in [2.24, 2.45) is 0 Å². The molecule has 3 aromatic rings. The summed E-state index contributed by atoms with van der Waals surface area (Å²) >= 11 is 2.24. The van der Waals surface area contributed by atoms with Crippen molar-refractivity contribution >= 4 is 28.5 Å². The molecule has 0 saturated carbocycles. The van der Waals surface area contributed by atoms with Crippen LogP contribution in [0, 0.1) is 22.1 Å². The highest BCUT2D eigenvalue weighted by molar-refractivity contribution is 14.1. The van der Waals surface area contributed by atoms with Gasteiger partial charge in [0.05, 0.1) is 18.8 Å². The number of benzene rings is 3. The van der Waals surface area contributed by atoms with E-state index in [1.807, 2.05) is 43.3 Å². The van der Waals surface area contributed by atoms with Crippen LogP contribution in [0.15, 0.2) is 60.7 Å². The molecule has 0 saturated heterocycles. The summed E-state index contributed by atoms with van der Waals surface area (Å²) in [6.07, 6.45) is -0.0324. The van der Waals surface area contributed by atoms with Gasteiger partial charge in [-0.3, -0.25) is 9.69 Å².